The lowest BCUT2D eigenvalue weighted by Gasteiger charge is -2.31. The Hall–Kier alpha value is 0.440. The molecule has 1 nitrogen and oxygen atoms in total. The van der Waals surface area contributed by atoms with Gasteiger partial charge in [-0.1, -0.05) is 29.8 Å². The van der Waals surface area contributed by atoms with Crippen LogP contribution >= 0.6 is 15.9 Å². The predicted molar refractivity (Wildman–Crippen MR) is 57.8 cm³/mol. The average molecular weight is 234 g/mol. The van der Waals surface area contributed by atoms with Crippen molar-refractivity contribution in [1.82, 2.24) is 4.90 Å². The fourth-order valence-electron chi connectivity index (χ4n) is 1.82. The van der Waals surface area contributed by atoms with E-state index in [1.165, 1.54) is 25.9 Å². The molecule has 0 radical (unpaired) electrons. The first-order chi connectivity index (χ1) is 5.55. The summed E-state index contributed by atoms with van der Waals surface area (Å²) in [5, 5.41) is 1.10. The summed E-state index contributed by atoms with van der Waals surface area (Å²) in [6.07, 6.45) is 2.78. The van der Waals surface area contributed by atoms with Crippen LogP contribution in [0.5, 0.6) is 0 Å². The van der Waals surface area contributed by atoms with Crippen molar-refractivity contribution < 1.29 is 0 Å². The Morgan fingerprint density at radius 1 is 1.50 bits per heavy atom. The van der Waals surface area contributed by atoms with Crippen LogP contribution in [0, 0.1) is 5.41 Å². The van der Waals surface area contributed by atoms with Crippen LogP contribution < -0.4 is 0 Å². The molecule has 0 N–H and O–H groups in total. The Balaban J connectivity index is 2.39. The van der Waals surface area contributed by atoms with Crippen molar-refractivity contribution in [2.75, 3.05) is 18.4 Å². The smallest absolute Gasteiger partial charge is 0.00949 e. The van der Waals surface area contributed by atoms with Gasteiger partial charge in [0.05, 0.1) is 0 Å². The largest absolute Gasteiger partial charge is 0.300 e. The lowest BCUT2D eigenvalue weighted by atomic mass is 9.96. The summed E-state index contributed by atoms with van der Waals surface area (Å²) in [6.45, 7) is 9.54. The quantitative estimate of drug-likeness (QED) is 0.679. The van der Waals surface area contributed by atoms with E-state index in [4.69, 9.17) is 0 Å². The maximum Gasteiger partial charge on any atom is 0.00949 e. The van der Waals surface area contributed by atoms with Crippen molar-refractivity contribution >= 4 is 15.9 Å². The van der Waals surface area contributed by atoms with Crippen molar-refractivity contribution in [1.29, 1.82) is 0 Å². The van der Waals surface area contributed by atoms with Crippen molar-refractivity contribution in [3.63, 3.8) is 0 Å². The van der Waals surface area contributed by atoms with Gasteiger partial charge in [0.15, 0.2) is 0 Å². The van der Waals surface area contributed by atoms with Crippen LogP contribution in [-0.4, -0.2) is 29.4 Å². The van der Waals surface area contributed by atoms with Crippen LogP contribution in [0.25, 0.3) is 0 Å². The van der Waals surface area contributed by atoms with E-state index in [2.05, 4.69) is 41.6 Å². The number of rotatable bonds is 3. The third-order valence-electron chi connectivity index (χ3n) is 2.68. The van der Waals surface area contributed by atoms with E-state index in [9.17, 15) is 0 Å². The second-order valence-corrected chi connectivity index (χ2v) is 5.32. The van der Waals surface area contributed by atoms with Crippen LogP contribution in [0.1, 0.15) is 33.6 Å². The van der Waals surface area contributed by atoms with Gasteiger partial charge in [-0.2, -0.15) is 0 Å². The van der Waals surface area contributed by atoms with Gasteiger partial charge < -0.3 is 4.90 Å². The van der Waals surface area contributed by atoms with E-state index in [-0.39, 0.29) is 0 Å². The zero-order valence-corrected chi connectivity index (χ0v) is 10.0. The molecular weight excluding hydrogens is 214 g/mol. The van der Waals surface area contributed by atoms with Crippen molar-refractivity contribution in [2.45, 2.75) is 39.7 Å². The Bertz CT molecular complexity index is 145. The second kappa shape index (κ2) is 4.10. The summed E-state index contributed by atoms with van der Waals surface area (Å²) in [4.78, 5) is 2.61. The standard InChI is InChI=1S/C10H20BrN/c1-9-5-4-6-12(9)8-10(2,3)7-11/h9H,4-8H2,1-3H3. The summed E-state index contributed by atoms with van der Waals surface area (Å²) in [6, 6.07) is 0.809. The zero-order chi connectivity index (χ0) is 9.19. The number of hydrogen-bond acceptors (Lipinski definition) is 1. The molecule has 0 bridgehead atoms. The minimum atomic E-state index is 0.429. The molecule has 0 aromatic rings. The molecule has 0 saturated carbocycles. The Morgan fingerprint density at radius 3 is 2.58 bits per heavy atom. The highest BCUT2D eigenvalue weighted by Crippen LogP contribution is 2.25. The van der Waals surface area contributed by atoms with Crippen LogP contribution in [-0.2, 0) is 0 Å². The number of likely N-dealkylation sites (tertiary alicyclic amines) is 1. The summed E-state index contributed by atoms with van der Waals surface area (Å²) in [7, 11) is 0. The molecule has 0 spiro atoms. The molecule has 1 fully saturated rings. The van der Waals surface area contributed by atoms with E-state index in [0.29, 0.717) is 5.41 Å². The van der Waals surface area contributed by atoms with Gasteiger partial charge in [0, 0.05) is 17.9 Å². The van der Waals surface area contributed by atoms with E-state index in [1.54, 1.807) is 0 Å². The van der Waals surface area contributed by atoms with Gasteiger partial charge in [0.1, 0.15) is 0 Å². The molecule has 2 heteroatoms. The highest BCUT2D eigenvalue weighted by atomic mass is 79.9. The van der Waals surface area contributed by atoms with Gasteiger partial charge in [0.25, 0.3) is 0 Å². The summed E-state index contributed by atoms with van der Waals surface area (Å²) in [5.74, 6) is 0. The molecule has 1 aliphatic heterocycles. The molecule has 0 amide bonds. The van der Waals surface area contributed by atoms with Gasteiger partial charge in [-0.15, -0.1) is 0 Å². The van der Waals surface area contributed by atoms with E-state index >= 15 is 0 Å². The molecule has 0 aliphatic carbocycles. The van der Waals surface area contributed by atoms with Gasteiger partial charge >= 0.3 is 0 Å². The summed E-state index contributed by atoms with van der Waals surface area (Å²) in [5.41, 5.74) is 0.429. The minimum Gasteiger partial charge on any atom is -0.300 e. The molecule has 1 heterocycles. The zero-order valence-electron chi connectivity index (χ0n) is 8.44. The van der Waals surface area contributed by atoms with Crippen LogP contribution in [0.15, 0.2) is 0 Å². The topological polar surface area (TPSA) is 3.24 Å². The third-order valence-corrected chi connectivity index (χ3v) is 4.20. The first-order valence-electron chi connectivity index (χ1n) is 4.85. The van der Waals surface area contributed by atoms with Crippen LogP contribution in [0.4, 0.5) is 0 Å². The minimum absolute atomic E-state index is 0.429. The third kappa shape index (κ3) is 2.74. The normalized spacial score (nSPS) is 26.5. The Kier molecular flexibility index (Phi) is 3.59. The molecule has 1 aliphatic rings. The lowest BCUT2D eigenvalue weighted by molar-refractivity contribution is 0.190. The highest BCUT2D eigenvalue weighted by molar-refractivity contribution is 9.09. The maximum absolute atomic E-state index is 3.57. The second-order valence-electron chi connectivity index (χ2n) is 4.76. The Labute approximate surface area is 84.6 Å². The van der Waals surface area contributed by atoms with Gasteiger partial charge in [-0.05, 0) is 31.7 Å². The molecule has 12 heavy (non-hydrogen) atoms. The van der Waals surface area contributed by atoms with Gasteiger partial charge in [-0.3, -0.25) is 0 Å². The van der Waals surface area contributed by atoms with Crippen molar-refractivity contribution in [3.8, 4) is 0 Å². The van der Waals surface area contributed by atoms with Gasteiger partial charge in [-0.25, -0.2) is 0 Å². The van der Waals surface area contributed by atoms with Crippen LogP contribution in [0.3, 0.4) is 0 Å². The van der Waals surface area contributed by atoms with Crippen molar-refractivity contribution in [3.05, 3.63) is 0 Å². The predicted octanol–water partition coefficient (Wildman–Crippen LogP) is 2.89. The Morgan fingerprint density at radius 2 is 2.17 bits per heavy atom. The molecule has 1 saturated heterocycles. The molecule has 0 aromatic heterocycles. The maximum atomic E-state index is 3.57. The van der Waals surface area contributed by atoms with Gasteiger partial charge in [0.2, 0.25) is 0 Å². The van der Waals surface area contributed by atoms with Crippen molar-refractivity contribution in [2.24, 2.45) is 5.41 Å². The average Bonchev–Trinajstić information content (AvgIpc) is 2.36. The van der Waals surface area contributed by atoms with Crippen LogP contribution in [0.2, 0.25) is 0 Å². The summed E-state index contributed by atoms with van der Waals surface area (Å²) >= 11 is 3.57. The highest BCUT2D eigenvalue weighted by Gasteiger charge is 2.26. The van der Waals surface area contributed by atoms with E-state index in [0.717, 1.165) is 11.4 Å². The summed E-state index contributed by atoms with van der Waals surface area (Å²) < 4.78 is 0. The number of alkyl halides is 1. The molecule has 1 unspecified atom stereocenters. The lowest BCUT2D eigenvalue weighted by Crippen LogP contribution is -2.37. The molecular formula is C10H20BrN. The number of halogens is 1. The molecule has 72 valence electrons. The van der Waals surface area contributed by atoms with E-state index in [1.807, 2.05) is 0 Å². The first-order valence-corrected chi connectivity index (χ1v) is 5.97. The fourth-order valence-corrected chi connectivity index (χ4v) is 2.00. The number of hydrogen-bond donors (Lipinski definition) is 0. The molecule has 0 aromatic carbocycles. The molecule has 1 atom stereocenters. The van der Waals surface area contributed by atoms with E-state index < -0.39 is 0 Å². The number of nitrogens with zero attached hydrogens (tertiary/aromatic N) is 1. The first kappa shape index (κ1) is 10.5. The monoisotopic (exact) mass is 233 g/mol. The SMILES string of the molecule is CC1CCCN1CC(C)(C)CBr. The fraction of sp³-hybridized carbons (Fsp3) is 1.00. The molecule has 1 rings (SSSR count).